The summed E-state index contributed by atoms with van der Waals surface area (Å²) in [4.78, 5) is 40.0. The molecular weight excluding hydrogens is 622 g/mol. The lowest BCUT2D eigenvalue weighted by Gasteiger charge is -2.15. The van der Waals surface area contributed by atoms with Crippen LogP contribution in [-0.2, 0) is 9.59 Å². The fraction of sp³-hybridized carbons (Fsp3) is 0.171. The molecule has 47 heavy (non-hydrogen) atoms. The summed E-state index contributed by atoms with van der Waals surface area (Å²) in [6.45, 7) is 0. The number of hydrogen-bond acceptors (Lipinski definition) is 9. The van der Waals surface area contributed by atoms with Gasteiger partial charge in [0.25, 0.3) is 11.8 Å². The Balaban J connectivity index is 1.48. The van der Waals surface area contributed by atoms with E-state index in [9.17, 15) is 14.4 Å². The lowest BCUT2D eigenvalue weighted by molar-refractivity contribution is -0.114. The fourth-order valence-electron chi connectivity index (χ4n) is 4.35. The first kappa shape index (κ1) is 34.3. The van der Waals surface area contributed by atoms with Crippen molar-refractivity contribution in [2.75, 3.05) is 51.9 Å². The van der Waals surface area contributed by atoms with Crippen molar-refractivity contribution < 1.29 is 38.1 Å². The highest BCUT2D eigenvalue weighted by Crippen LogP contribution is 2.38. The number of methoxy groups -OCH3 is 5. The highest BCUT2D eigenvalue weighted by molar-refractivity contribution is 8.00. The lowest BCUT2D eigenvalue weighted by atomic mass is 10.1. The first-order chi connectivity index (χ1) is 22.8. The minimum Gasteiger partial charge on any atom is -0.497 e. The van der Waals surface area contributed by atoms with Gasteiger partial charge in [-0.2, -0.15) is 0 Å². The zero-order chi connectivity index (χ0) is 33.8. The molecular formula is C35H35N3O8S. The van der Waals surface area contributed by atoms with Gasteiger partial charge >= 0.3 is 0 Å². The Morgan fingerprint density at radius 1 is 0.681 bits per heavy atom. The Morgan fingerprint density at radius 2 is 1.30 bits per heavy atom. The molecule has 12 heteroatoms. The van der Waals surface area contributed by atoms with Crippen molar-refractivity contribution in [3.63, 3.8) is 0 Å². The monoisotopic (exact) mass is 657 g/mol. The van der Waals surface area contributed by atoms with Crippen LogP contribution >= 0.6 is 11.8 Å². The molecule has 0 spiro atoms. The Kier molecular flexibility index (Phi) is 12.1. The minimum atomic E-state index is -0.559. The van der Waals surface area contributed by atoms with Gasteiger partial charge in [0.1, 0.15) is 17.2 Å². The molecule has 0 aromatic heterocycles. The highest BCUT2D eigenvalue weighted by atomic mass is 32.2. The van der Waals surface area contributed by atoms with Gasteiger partial charge in [-0.15, -0.1) is 11.8 Å². The maximum atomic E-state index is 13.5. The number of carbonyl (C=O) groups excluding carboxylic acids is 3. The topological polar surface area (TPSA) is 133 Å². The van der Waals surface area contributed by atoms with Gasteiger partial charge in [-0.1, -0.05) is 18.2 Å². The van der Waals surface area contributed by atoms with Crippen molar-refractivity contribution in [2.24, 2.45) is 0 Å². The van der Waals surface area contributed by atoms with Crippen LogP contribution in [-0.4, -0.2) is 59.0 Å². The van der Waals surface area contributed by atoms with Crippen molar-refractivity contribution in [3.05, 3.63) is 102 Å². The molecule has 0 aliphatic rings. The van der Waals surface area contributed by atoms with Crippen LogP contribution in [0, 0.1) is 0 Å². The number of carbonyl (C=O) groups is 3. The first-order valence-corrected chi connectivity index (χ1v) is 15.2. The third kappa shape index (κ3) is 9.44. The maximum absolute atomic E-state index is 13.5. The molecule has 0 fully saturated rings. The second kappa shape index (κ2) is 16.6. The number of amides is 3. The van der Waals surface area contributed by atoms with Crippen LogP contribution in [0.25, 0.3) is 6.08 Å². The summed E-state index contributed by atoms with van der Waals surface area (Å²) in [5, 5.41) is 8.38. The molecule has 4 rings (SSSR count). The fourth-order valence-corrected chi connectivity index (χ4v) is 5.05. The Morgan fingerprint density at radius 3 is 1.85 bits per heavy atom. The van der Waals surface area contributed by atoms with E-state index in [0.717, 1.165) is 4.90 Å². The highest BCUT2D eigenvalue weighted by Gasteiger charge is 2.18. The van der Waals surface area contributed by atoms with Crippen molar-refractivity contribution in [3.8, 4) is 28.7 Å². The summed E-state index contributed by atoms with van der Waals surface area (Å²) >= 11 is 1.33. The molecule has 0 aliphatic carbocycles. The number of nitrogens with one attached hydrogen (secondary N) is 3. The zero-order valence-electron chi connectivity index (χ0n) is 26.5. The number of rotatable bonds is 14. The number of anilines is 2. The lowest BCUT2D eigenvalue weighted by Crippen LogP contribution is -2.30. The van der Waals surface area contributed by atoms with Crippen LogP contribution in [0.4, 0.5) is 11.4 Å². The summed E-state index contributed by atoms with van der Waals surface area (Å²) in [5.41, 5.74) is 1.93. The molecule has 0 saturated carbocycles. The summed E-state index contributed by atoms with van der Waals surface area (Å²) in [6.07, 6.45) is 1.52. The number of hydrogen-bond donors (Lipinski definition) is 3. The number of benzene rings is 4. The Hall–Kier alpha value is -5.62. The Bertz CT molecular complexity index is 1700. The molecule has 4 aromatic carbocycles. The van der Waals surface area contributed by atoms with E-state index < -0.39 is 11.8 Å². The van der Waals surface area contributed by atoms with E-state index in [-0.39, 0.29) is 17.4 Å². The van der Waals surface area contributed by atoms with Crippen LogP contribution in [0.5, 0.6) is 28.7 Å². The molecule has 0 heterocycles. The van der Waals surface area contributed by atoms with Crippen LogP contribution in [0.1, 0.15) is 15.9 Å². The summed E-state index contributed by atoms with van der Waals surface area (Å²) in [6, 6.07) is 24.0. The van der Waals surface area contributed by atoms with Crippen molar-refractivity contribution in [2.45, 2.75) is 4.90 Å². The third-order valence-corrected chi connectivity index (χ3v) is 7.66. The van der Waals surface area contributed by atoms with Gasteiger partial charge in [-0.05, 0) is 60.2 Å². The van der Waals surface area contributed by atoms with E-state index in [1.54, 1.807) is 84.9 Å². The van der Waals surface area contributed by atoms with Gasteiger partial charge in [-0.25, -0.2) is 0 Å². The molecule has 0 unspecified atom stereocenters. The molecule has 3 N–H and O–H groups in total. The SMILES string of the molecule is COc1cc(NC(=O)CSc2ccc(NC(=O)/C(=C/c3cc(OC)c(OC)c(OC)c3)NC(=O)c3ccccc3)cc2)cc(OC)c1. The second-order valence-electron chi connectivity index (χ2n) is 9.75. The van der Waals surface area contributed by atoms with Crippen LogP contribution in [0.3, 0.4) is 0 Å². The van der Waals surface area contributed by atoms with Crippen molar-refractivity contribution in [1.29, 1.82) is 0 Å². The zero-order valence-corrected chi connectivity index (χ0v) is 27.4. The normalized spacial score (nSPS) is 10.8. The van der Waals surface area contributed by atoms with E-state index in [1.807, 2.05) is 0 Å². The van der Waals surface area contributed by atoms with Crippen molar-refractivity contribution in [1.82, 2.24) is 5.32 Å². The first-order valence-electron chi connectivity index (χ1n) is 14.2. The maximum Gasteiger partial charge on any atom is 0.272 e. The molecule has 0 radical (unpaired) electrons. The second-order valence-corrected chi connectivity index (χ2v) is 10.8. The Labute approximate surface area is 277 Å². The van der Waals surface area contributed by atoms with Crippen LogP contribution in [0.15, 0.2) is 95.5 Å². The van der Waals surface area contributed by atoms with Crippen LogP contribution in [0.2, 0.25) is 0 Å². The van der Waals surface area contributed by atoms with Gasteiger partial charge in [0.05, 0.1) is 41.3 Å². The minimum absolute atomic E-state index is 0.0163. The summed E-state index contributed by atoms with van der Waals surface area (Å²) in [5.74, 6) is 1.21. The predicted octanol–water partition coefficient (Wildman–Crippen LogP) is 5.87. The quantitative estimate of drug-likeness (QED) is 0.112. The number of ether oxygens (including phenoxy) is 5. The van der Waals surface area contributed by atoms with Gasteiger partial charge in [0.15, 0.2) is 11.5 Å². The van der Waals surface area contributed by atoms with E-state index >= 15 is 0 Å². The number of thioether (sulfide) groups is 1. The predicted molar refractivity (Wildman–Crippen MR) is 182 cm³/mol. The van der Waals surface area contributed by atoms with Gasteiger partial charge in [0.2, 0.25) is 11.7 Å². The largest absolute Gasteiger partial charge is 0.497 e. The van der Waals surface area contributed by atoms with Gasteiger partial charge in [0, 0.05) is 40.0 Å². The van der Waals surface area contributed by atoms with Crippen molar-refractivity contribution >= 4 is 46.9 Å². The molecule has 0 saturated heterocycles. The molecule has 244 valence electrons. The standard InChI is InChI=1S/C35H35N3O8S/c1-42-26-18-25(19-27(20-26)43-2)36-32(39)21-47-28-13-11-24(12-14-28)37-35(41)29(38-34(40)23-9-7-6-8-10-23)15-22-16-30(44-3)33(46-5)31(17-22)45-4/h6-20H,21H2,1-5H3,(H,36,39)(H,37,41)(H,38,40)/b29-15-. The van der Waals surface area contributed by atoms with E-state index in [2.05, 4.69) is 16.0 Å². The molecule has 4 aromatic rings. The van der Waals surface area contributed by atoms with E-state index in [1.165, 1.54) is 53.4 Å². The molecule has 3 amide bonds. The van der Waals surface area contributed by atoms with Crippen LogP contribution < -0.4 is 39.6 Å². The van der Waals surface area contributed by atoms with E-state index in [0.29, 0.717) is 51.2 Å². The van der Waals surface area contributed by atoms with Gasteiger partial charge in [-0.3, -0.25) is 14.4 Å². The molecule has 11 nitrogen and oxygen atoms in total. The van der Waals surface area contributed by atoms with Gasteiger partial charge < -0.3 is 39.6 Å². The third-order valence-electron chi connectivity index (χ3n) is 6.64. The average Bonchev–Trinajstić information content (AvgIpc) is 3.10. The molecule has 0 aliphatic heterocycles. The average molecular weight is 658 g/mol. The summed E-state index contributed by atoms with van der Waals surface area (Å²) in [7, 11) is 7.55. The van der Waals surface area contributed by atoms with E-state index in [4.69, 9.17) is 23.7 Å². The smallest absolute Gasteiger partial charge is 0.272 e. The summed E-state index contributed by atoms with van der Waals surface area (Å²) < 4.78 is 26.8. The molecule has 0 atom stereocenters. The molecule has 0 bridgehead atoms.